The second-order valence-electron chi connectivity index (χ2n) is 8.67. The minimum absolute atomic E-state index is 0.129. The highest BCUT2D eigenvalue weighted by atomic mass is 19.1. The molecule has 2 heterocycles. The molecule has 1 saturated carbocycles. The molecule has 29 heavy (non-hydrogen) atoms. The number of Topliss-reactive ketones (excluding diaryl/α,β-unsaturated/α-hetero) is 1. The first-order valence-electron chi connectivity index (χ1n) is 9.99. The first kappa shape index (κ1) is 19.7. The molecule has 1 aromatic carbocycles. The summed E-state index contributed by atoms with van der Waals surface area (Å²) in [5, 5.41) is 0. The third kappa shape index (κ3) is 3.93. The molecule has 1 saturated heterocycles. The highest BCUT2D eigenvalue weighted by molar-refractivity contribution is 6.00. The molecule has 152 valence electrons. The Bertz CT molecular complexity index is 931. The number of hydrogen-bond acceptors (Lipinski definition) is 3. The Morgan fingerprint density at radius 3 is 2.79 bits per heavy atom. The van der Waals surface area contributed by atoms with E-state index in [4.69, 9.17) is 0 Å². The van der Waals surface area contributed by atoms with Crippen LogP contribution in [0.3, 0.4) is 0 Å². The average Bonchev–Trinajstić information content (AvgIpc) is 2.96. The van der Waals surface area contributed by atoms with Crippen LogP contribution in [0.1, 0.15) is 49.5 Å². The van der Waals surface area contributed by atoms with Crippen molar-refractivity contribution in [3.05, 3.63) is 60.2 Å². The van der Waals surface area contributed by atoms with Crippen LogP contribution in [0.2, 0.25) is 0 Å². The van der Waals surface area contributed by atoms with Gasteiger partial charge in [0.2, 0.25) is 5.91 Å². The Labute approximate surface area is 168 Å². The van der Waals surface area contributed by atoms with Crippen LogP contribution < -0.4 is 4.90 Å². The summed E-state index contributed by atoms with van der Waals surface area (Å²) in [6.45, 7) is 1.95. The van der Waals surface area contributed by atoms with E-state index < -0.39 is 16.9 Å². The van der Waals surface area contributed by atoms with Crippen molar-refractivity contribution in [2.75, 3.05) is 11.4 Å². The Hall–Kier alpha value is -2.63. The minimum Gasteiger partial charge on any atom is -0.312 e. The summed E-state index contributed by atoms with van der Waals surface area (Å²) >= 11 is 0. The van der Waals surface area contributed by atoms with E-state index in [0.717, 1.165) is 0 Å². The van der Waals surface area contributed by atoms with Gasteiger partial charge in [-0.15, -0.1) is 0 Å². The summed E-state index contributed by atoms with van der Waals surface area (Å²) in [7, 11) is 0. The summed E-state index contributed by atoms with van der Waals surface area (Å²) in [5.74, 6) is -0.934. The maximum Gasteiger partial charge on any atom is 0.233 e. The van der Waals surface area contributed by atoms with Gasteiger partial charge in [-0.25, -0.2) is 8.78 Å². The molecule has 0 bridgehead atoms. The molecule has 3 atom stereocenters. The Balaban J connectivity index is 1.55. The molecule has 1 aliphatic carbocycles. The fourth-order valence-corrected chi connectivity index (χ4v) is 5.18. The van der Waals surface area contributed by atoms with E-state index in [1.54, 1.807) is 41.4 Å². The fraction of sp³-hybridized carbons (Fsp3) is 0.435. The van der Waals surface area contributed by atoms with Crippen molar-refractivity contribution in [1.82, 2.24) is 4.98 Å². The van der Waals surface area contributed by atoms with E-state index in [1.165, 1.54) is 19.1 Å². The number of carbonyl (C=O) groups excluding carboxylic acids is 2. The van der Waals surface area contributed by atoms with Gasteiger partial charge in [0.1, 0.15) is 17.2 Å². The zero-order valence-electron chi connectivity index (χ0n) is 16.4. The molecule has 1 aromatic heterocycles. The lowest BCUT2D eigenvalue weighted by Crippen LogP contribution is -2.46. The molecule has 4 rings (SSSR count). The zero-order valence-corrected chi connectivity index (χ0v) is 16.4. The van der Waals surface area contributed by atoms with Crippen molar-refractivity contribution < 1.29 is 18.4 Å². The summed E-state index contributed by atoms with van der Waals surface area (Å²) in [6.07, 6.45) is 3.10. The second kappa shape index (κ2) is 7.32. The van der Waals surface area contributed by atoms with Gasteiger partial charge in [-0.2, -0.15) is 0 Å². The SMILES string of the molecule is CC1(F)CC(CC(=O)c2ccccn2)CC2(CCN(c3cccc(F)c3)C2=O)C1. The highest BCUT2D eigenvalue weighted by Crippen LogP contribution is 2.53. The van der Waals surface area contributed by atoms with Crippen LogP contribution in [0.5, 0.6) is 0 Å². The second-order valence-corrected chi connectivity index (χ2v) is 8.67. The van der Waals surface area contributed by atoms with Crippen LogP contribution in [-0.2, 0) is 4.79 Å². The van der Waals surface area contributed by atoms with Crippen molar-refractivity contribution in [1.29, 1.82) is 0 Å². The van der Waals surface area contributed by atoms with Gasteiger partial charge in [-0.3, -0.25) is 14.6 Å². The maximum atomic E-state index is 15.3. The van der Waals surface area contributed by atoms with Gasteiger partial charge in [0, 0.05) is 24.8 Å². The van der Waals surface area contributed by atoms with Crippen LogP contribution in [-0.4, -0.2) is 28.9 Å². The number of alkyl halides is 1. The number of ketones is 1. The standard InChI is InChI=1S/C23H24F2N2O2/c1-22(25)13-16(11-20(28)19-7-2-3-9-26-19)14-23(15-22)8-10-27(21(23)29)18-6-4-5-17(24)12-18/h2-7,9,12,16H,8,10-11,13-15H2,1H3. The van der Waals surface area contributed by atoms with Crippen LogP contribution in [0.4, 0.5) is 14.5 Å². The molecule has 1 aliphatic heterocycles. The number of pyridine rings is 1. The van der Waals surface area contributed by atoms with E-state index in [1.807, 2.05) is 0 Å². The van der Waals surface area contributed by atoms with Crippen molar-refractivity contribution in [2.24, 2.45) is 11.3 Å². The number of carbonyl (C=O) groups is 2. The van der Waals surface area contributed by atoms with Gasteiger partial charge in [0.15, 0.2) is 5.78 Å². The van der Waals surface area contributed by atoms with Crippen molar-refractivity contribution in [3.8, 4) is 0 Å². The molecule has 1 spiro atoms. The van der Waals surface area contributed by atoms with Crippen LogP contribution >= 0.6 is 0 Å². The van der Waals surface area contributed by atoms with E-state index in [9.17, 15) is 14.0 Å². The molecular formula is C23H24F2N2O2. The largest absolute Gasteiger partial charge is 0.312 e. The summed E-state index contributed by atoms with van der Waals surface area (Å²) in [4.78, 5) is 31.6. The smallest absolute Gasteiger partial charge is 0.233 e. The number of aromatic nitrogens is 1. The molecule has 0 radical (unpaired) electrons. The third-order valence-electron chi connectivity index (χ3n) is 6.16. The first-order valence-corrected chi connectivity index (χ1v) is 9.99. The lowest BCUT2D eigenvalue weighted by molar-refractivity contribution is -0.132. The number of anilines is 1. The predicted molar refractivity (Wildman–Crippen MR) is 106 cm³/mol. The number of hydrogen-bond donors (Lipinski definition) is 0. The third-order valence-corrected chi connectivity index (χ3v) is 6.16. The summed E-state index contributed by atoms with van der Waals surface area (Å²) in [5.41, 5.74) is -1.50. The monoisotopic (exact) mass is 398 g/mol. The lowest BCUT2D eigenvalue weighted by Gasteiger charge is -2.43. The number of rotatable bonds is 4. The van der Waals surface area contributed by atoms with Crippen LogP contribution in [0, 0.1) is 17.2 Å². The molecule has 1 amide bonds. The predicted octanol–water partition coefficient (Wildman–Crippen LogP) is 4.75. The Morgan fingerprint density at radius 1 is 1.24 bits per heavy atom. The van der Waals surface area contributed by atoms with Gasteiger partial charge in [0.25, 0.3) is 0 Å². The molecular weight excluding hydrogens is 374 g/mol. The van der Waals surface area contributed by atoms with Crippen LogP contribution in [0.25, 0.3) is 0 Å². The van der Waals surface area contributed by atoms with E-state index in [0.29, 0.717) is 30.8 Å². The molecule has 2 fully saturated rings. The quantitative estimate of drug-likeness (QED) is 0.699. The van der Waals surface area contributed by atoms with Crippen molar-refractivity contribution >= 4 is 17.4 Å². The molecule has 0 N–H and O–H groups in total. The molecule has 3 unspecified atom stereocenters. The number of benzene rings is 1. The Morgan fingerprint density at radius 2 is 2.07 bits per heavy atom. The van der Waals surface area contributed by atoms with E-state index in [2.05, 4.69) is 4.98 Å². The first-order chi connectivity index (χ1) is 13.8. The van der Waals surface area contributed by atoms with Gasteiger partial charge in [-0.1, -0.05) is 12.1 Å². The van der Waals surface area contributed by atoms with Crippen LogP contribution in [0.15, 0.2) is 48.7 Å². The van der Waals surface area contributed by atoms with Gasteiger partial charge in [0.05, 0.1) is 5.41 Å². The van der Waals surface area contributed by atoms with Gasteiger partial charge < -0.3 is 4.90 Å². The molecule has 2 aromatic rings. The van der Waals surface area contributed by atoms with Gasteiger partial charge in [-0.05, 0) is 68.9 Å². The zero-order chi connectivity index (χ0) is 20.6. The molecule has 6 heteroatoms. The summed E-state index contributed by atoms with van der Waals surface area (Å²) < 4.78 is 28.9. The van der Waals surface area contributed by atoms with Gasteiger partial charge >= 0.3 is 0 Å². The molecule has 4 nitrogen and oxygen atoms in total. The highest BCUT2D eigenvalue weighted by Gasteiger charge is 2.55. The summed E-state index contributed by atoms with van der Waals surface area (Å²) in [6, 6.07) is 11.1. The Kier molecular flexibility index (Phi) is 4.97. The lowest BCUT2D eigenvalue weighted by atomic mass is 9.63. The number of amides is 1. The minimum atomic E-state index is -1.53. The normalized spacial score (nSPS) is 29.4. The number of nitrogens with zero attached hydrogens (tertiary/aromatic N) is 2. The average molecular weight is 398 g/mol. The van der Waals surface area contributed by atoms with Crippen molar-refractivity contribution in [3.63, 3.8) is 0 Å². The molecule has 2 aliphatic rings. The van der Waals surface area contributed by atoms with Crippen molar-refractivity contribution in [2.45, 2.75) is 44.7 Å². The fourth-order valence-electron chi connectivity index (χ4n) is 5.18. The maximum absolute atomic E-state index is 15.3. The number of halogens is 2. The van der Waals surface area contributed by atoms with E-state index in [-0.39, 0.29) is 36.9 Å². The topological polar surface area (TPSA) is 50.3 Å². The van der Waals surface area contributed by atoms with E-state index >= 15 is 4.39 Å².